The quantitative estimate of drug-likeness (QED) is 0.876. The van der Waals surface area contributed by atoms with Gasteiger partial charge in [0.05, 0.1) is 30.1 Å². The maximum absolute atomic E-state index is 5.56. The van der Waals surface area contributed by atoms with Gasteiger partial charge in [-0.3, -0.25) is 4.98 Å². The van der Waals surface area contributed by atoms with E-state index in [9.17, 15) is 0 Å². The highest BCUT2D eigenvalue weighted by atomic mass is 79.9. The van der Waals surface area contributed by atoms with E-state index in [-0.39, 0.29) is 0 Å². The highest BCUT2D eigenvalue weighted by Gasteiger charge is 2.19. The number of rotatable bonds is 1. The fourth-order valence-corrected chi connectivity index (χ4v) is 3.20. The zero-order chi connectivity index (χ0) is 12.7. The third kappa shape index (κ3) is 1.80. The third-order valence-electron chi connectivity index (χ3n) is 3.35. The first-order valence-electron chi connectivity index (χ1n) is 6.08. The molecule has 18 heavy (non-hydrogen) atoms. The van der Waals surface area contributed by atoms with Crippen molar-refractivity contribution in [3.8, 4) is 0 Å². The molecule has 0 aliphatic carbocycles. The molecule has 2 heterocycles. The van der Waals surface area contributed by atoms with E-state index in [0.717, 1.165) is 39.8 Å². The molecule has 0 unspecified atom stereocenters. The Labute approximate surface area is 115 Å². The van der Waals surface area contributed by atoms with E-state index < -0.39 is 0 Å². The molecular weight excluding hydrogens is 292 g/mol. The minimum Gasteiger partial charge on any atom is -0.387 e. The summed E-state index contributed by atoms with van der Waals surface area (Å²) in [5.74, 6) is 0. The maximum Gasteiger partial charge on any atom is 0.0868 e. The second-order valence-electron chi connectivity index (χ2n) is 4.61. The van der Waals surface area contributed by atoms with Gasteiger partial charge in [-0.15, -0.1) is 0 Å². The number of halogens is 1. The molecule has 2 aromatic rings. The molecule has 0 spiro atoms. The molecule has 1 N–H and O–H groups in total. The lowest BCUT2D eigenvalue weighted by Gasteiger charge is -2.21. The molecule has 0 fully saturated rings. The normalized spacial score (nSPS) is 14.6. The number of pyridine rings is 1. The molecule has 1 aromatic carbocycles. The number of nitrogens with zero attached hydrogens (tertiary/aromatic N) is 1. The number of aryl methyl sites for hydroxylation is 1. The number of fused-ring (bicyclic) bond motifs is 2. The maximum atomic E-state index is 5.56. The summed E-state index contributed by atoms with van der Waals surface area (Å²) < 4.78 is 6.61. The van der Waals surface area contributed by atoms with Crippen molar-refractivity contribution in [1.29, 1.82) is 0 Å². The number of anilines is 1. The molecule has 1 aliphatic rings. The molecule has 1 aromatic heterocycles. The molecule has 1 aliphatic heterocycles. The Morgan fingerprint density at radius 2 is 2.22 bits per heavy atom. The van der Waals surface area contributed by atoms with Crippen LogP contribution >= 0.6 is 15.9 Å². The molecule has 4 heteroatoms. The lowest BCUT2D eigenvalue weighted by atomic mass is 10.0. The van der Waals surface area contributed by atoms with Crippen molar-refractivity contribution < 1.29 is 4.74 Å². The van der Waals surface area contributed by atoms with Crippen molar-refractivity contribution in [2.45, 2.75) is 20.0 Å². The van der Waals surface area contributed by atoms with Crippen molar-refractivity contribution >= 4 is 32.5 Å². The van der Waals surface area contributed by atoms with Crippen LogP contribution in [-0.4, -0.2) is 18.6 Å². The number of benzene rings is 1. The highest BCUT2D eigenvalue weighted by molar-refractivity contribution is 9.10. The molecule has 3 rings (SSSR count). The Morgan fingerprint density at radius 3 is 3.00 bits per heavy atom. The first-order chi connectivity index (χ1) is 8.70. The van der Waals surface area contributed by atoms with Gasteiger partial charge in [-0.05, 0) is 40.5 Å². The summed E-state index contributed by atoms with van der Waals surface area (Å²) in [6.07, 6.45) is 0.889. The van der Waals surface area contributed by atoms with Crippen molar-refractivity contribution in [3.63, 3.8) is 0 Å². The number of ether oxygens (including phenoxy) is 1. The van der Waals surface area contributed by atoms with Gasteiger partial charge in [0.2, 0.25) is 0 Å². The Bertz CT molecular complexity index is 625. The van der Waals surface area contributed by atoms with E-state index in [4.69, 9.17) is 9.72 Å². The van der Waals surface area contributed by atoms with Crippen LogP contribution in [0.4, 0.5) is 5.69 Å². The summed E-state index contributed by atoms with van der Waals surface area (Å²) in [5.41, 5.74) is 5.77. The summed E-state index contributed by atoms with van der Waals surface area (Å²) in [7, 11) is 1.96. The number of aromatic nitrogens is 1. The van der Waals surface area contributed by atoms with E-state index in [2.05, 4.69) is 40.3 Å². The van der Waals surface area contributed by atoms with E-state index in [1.165, 1.54) is 11.1 Å². The molecule has 0 atom stereocenters. The minimum atomic E-state index is 0.653. The van der Waals surface area contributed by atoms with Crippen molar-refractivity contribution in [3.05, 3.63) is 33.4 Å². The van der Waals surface area contributed by atoms with E-state index in [1.807, 2.05) is 7.05 Å². The number of hydrogen-bond donors (Lipinski definition) is 1. The van der Waals surface area contributed by atoms with Crippen molar-refractivity contribution in [1.82, 2.24) is 4.98 Å². The van der Waals surface area contributed by atoms with Gasteiger partial charge in [0.1, 0.15) is 0 Å². The first kappa shape index (κ1) is 11.9. The van der Waals surface area contributed by atoms with Gasteiger partial charge in [0.15, 0.2) is 0 Å². The largest absolute Gasteiger partial charge is 0.387 e. The standard InChI is InChI=1S/C14H15BrN2O/c1-8-5-9-13(16-2)10-7-18-4-3-12(10)17-14(9)11(15)6-8/h5-6H,3-4,7H2,1-2H3,(H,16,17). The second kappa shape index (κ2) is 4.52. The van der Waals surface area contributed by atoms with E-state index in [1.54, 1.807) is 0 Å². The molecule has 0 radical (unpaired) electrons. The van der Waals surface area contributed by atoms with Crippen LogP contribution in [0.5, 0.6) is 0 Å². The molecule has 3 nitrogen and oxygen atoms in total. The van der Waals surface area contributed by atoms with Crippen LogP contribution in [0.2, 0.25) is 0 Å². The monoisotopic (exact) mass is 306 g/mol. The molecule has 0 bridgehead atoms. The van der Waals surface area contributed by atoms with E-state index >= 15 is 0 Å². The second-order valence-corrected chi connectivity index (χ2v) is 5.46. The van der Waals surface area contributed by atoms with Crippen LogP contribution < -0.4 is 5.32 Å². The third-order valence-corrected chi connectivity index (χ3v) is 3.96. The summed E-state index contributed by atoms with van der Waals surface area (Å²) in [6.45, 7) is 3.51. The van der Waals surface area contributed by atoms with Gasteiger partial charge in [-0.2, -0.15) is 0 Å². The van der Waals surface area contributed by atoms with E-state index in [0.29, 0.717) is 6.61 Å². The smallest absolute Gasteiger partial charge is 0.0868 e. The fraction of sp³-hybridized carbons (Fsp3) is 0.357. The summed E-state index contributed by atoms with van der Waals surface area (Å²) >= 11 is 3.62. The Hall–Kier alpha value is -1.13. The predicted molar refractivity (Wildman–Crippen MR) is 77.1 cm³/mol. The fourth-order valence-electron chi connectivity index (χ4n) is 2.54. The summed E-state index contributed by atoms with van der Waals surface area (Å²) in [4.78, 5) is 4.80. The van der Waals surface area contributed by atoms with Gasteiger partial charge in [-0.25, -0.2) is 0 Å². The van der Waals surface area contributed by atoms with Crippen molar-refractivity contribution in [2.75, 3.05) is 19.0 Å². The van der Waals surface area contributed by atoms with Crippen LogP contribution in [0.1, 0.15) is 16.8 Å². The number of nitrogens with one attached hydrogen (secondary N) is 1. The van der Waals surface area contributed by atoms with Crippen LogP contribution in [0.3, 0.4) is 0 Å². The van der Waals surface area contributed by atoms with Crippen molar-refractivity contribution in [2.24, 2.45) is 0 Å². The van der Waals surface area contributed by atoms with Gasteiger partial charge >= 0.3 is 0 Å². The average Bonchev–Trinajstić information content (AvgIpc) is 2.36. The lowest BCUT2D eigenvalue weighted by Crippen LogP contribution is -2.14. The zero-order valence-electron chi connectivity index (χ0n) is 10.5. The van der Waals surface area contributed by atoms with Gasteiger partial charge < -0.3 is 10.1 Å². The molecular formula is C14H15BrN2O. The predicted octanol–water partition coefficient (Wildman–Crippen LogP) is 3.42. The number of hydrogen-bond acceptors (Lipinski definition) is 3. The topological polar surface area (TPSA) is 34.2 Å². The molecule has 0 saturated heterocycles. The Balaban J connectivity index is 2.40. The highest BCUT2D eigenvalue weighted by Crippen LogP contribution is 2.35. The first-order valence-corrected chi connectivity index (χ1v) is 6.87. The molecule has 0 saturated carbocycles. The molecule has 94 valence electrons. The van der Waals surface area contributed by atoms with Crippen LogP contribution in [0, 0.1) is 6.92 Å². The summed E-state index contributed by atoms with van der Waals surface area (Å²) in [5, 5.41) is 4.47. The van der Waals surface area contributed by atoms with Gasteiger partial charge in [0, 0.05) is 28.9 Å². The average molecular weight is 307 g/mol. The summed E-state index contributed by atoms with van der Waals surface area (Å²) in [6, 6.07) is 4.29. The van der Waals surface area contributed by atoms with Crippen LogP contribution in [0.25, 0.3) is 10.9 Å². The minimum absolute atomic E-state index is 0.653. The Morgan fingerprint density at radius 1 is 1.39 bits per heavy atom. The van der Waals surface area contributed by atoms with Gasteiger partial charge in [0.25, 0.3) is 0 Å². The van der Waals surface area contributed by atoms with Crippen LogP contribution in [0.15, 0.2) is 16.6 Å². The SMILES string of the molecule is CNc1c2c(nc3c(Br)cc(C)cc13)CCOC2. The molecule has 0 amide bonds. The Kier molecular flexibility index (Phi) is 2.99. The lowest BCUT2D eigenvalue weighted by molar-refractivity contribution is 0.110. The van der Waals surface area contributed by atoms with Gasteiger partial charge in [-0.1, -0.05) is 0 Å². The zero-order valence-corrected chi connectivity index (χ0v) is 12.1. The van der Waals surface area contributed by atoms with Crippen LogP contribution in [-0.2, 0) is 17.8 Å².